The zero-order valence-corrected chi connectivity index (χ0v) is 25.5. The Morgan fingerprint density at radius 1 is 0.350 bits per heavy atom. The molecule has 6 aromatic rings. The van der Waals surface area contributed by atoms with E-state index in [4.69, 9.17) is 0 Å². The van der Waals surface area contributed by atoms with E-state index in [0.717, 1.165) is 0 Å². The summed E-state index contributed by atoms with van der Waals surface area (Å²) in [5, 5.41) is 9.16. The quantitative estimate of drug-likeness (QED) is 0.195. The van der Waals surface area contributed by atoms with Gasteiger partial charge in [-0.15, -0.1) is 0 Å². The molecule has 2 aliphatic rings. The fourth-order valence-corrected chi connectivity index (χ4v) is 13.7. The van der Waals surface area contributed by atoms with E-state index >= 15 is 0 Å². The van der Waals surface area contributed by atoms with Crippen molar-refractivity contribution in [2.45, 2.75) is 26.2 Å². The van der Waals surface area contributed by atoms with Crippen molar-refractivity contribution in [3.63, 3.8) is 0 Å². The summed E-state index contributed by atoms with van der Waals surface area (Å²) < 4.78 is 0. The van der Waals surface area contributed by atoms with Gasteiger partial charge in [0, 0.05) is 0 Å². The van der Waals surface area contributed by atoms with Gasteiger partial charge in [-0.05, 0) is 82.1 Å². The van der Waals surface area contributed by atoms with Gasteiger partial charge in [-0.3, -0.25) is 0 Å². The van der Waals surface area contributed by atoms with Gasteiger partial charge in [0.25, 0.3) is 0 Å². The summed E-state index contributed by atoms with van der Waals surface area (Å²) in [5.74, 6) is 0. The Hall–Kier alpha value is -3.99. The highest BCUT2D eigenvalue weighted by atomic mass is 28.3. The van der Waals surface area contributed by atoms with E-state index in [-0.39, 0.29) is 0 Å². The number of fused-ring (bicyclic) bond motifs is 9. The summed E-state index contributed by atoms with van der Waals surface area (Å²) in [7, 11) is -3.55. The van der Waals surface area contributed by atoms with Gasteiger partial charge in [-0.1, -0.05) is 141 Å². The molecule has 0 nitrogen and oxygen atoms in total. The molecule has 0 fully saturated rings. The van der Waals surface area contributed by atoms with Gasteiger partial charge >= 0.3 is 0 Å². The third-order valence-electron chi connectivity index (χ3n) is 9.68. The van der Waals surface area contributed by atoms with Gasteiger partial charge in [0.2, 0.25) is 0 Å². The summed E-state index contributed by atoms with van der Waals surface area (Å²) in [6, 6.07) is 46.0. The Bertz CT molecular complexity index is 2000. The van der Waals surface area contributed by atoms with E-state index < -0.39 is 16.1 Å². The highest BCUT2D eigenvalue weighted by Crippen LogP contribution is 2.41. The van der Waals surface area contributed by atoms with Gasteiger partial charge in [-0.2, -0.15) is 0 Å². The van der Waals surface area contributed by atoms with E-state index in [1.54, 1.807) is 20.7 Å². The molecule has 2 heteroatoms. The van der Waals surface area contributed by atoms with Crippen LogP contribution < -0.4 is 20.7 Å². The maximum absolute atomic E-state index is 2.53. The molecule has 0 atom stereocenters. The van der Waals surface area contributed by atoms with Crippen LogP contribution in [-0.4, -0.2) is 16.1 Å². The summed E-state index contributed by atoms with van der Waals surface area (Å²) in [6.45, 7) is 10.1. The monoisotopic (exact) mass is 544 g/mol. The number of hydrogen-bond acceptors (Lipinski definition) is 0. The van der Waals surface area contributed by atoms with Gasteiger partial charge in [0.15, 0.2) is 0 Å². The average Bonchev–Trinajstić information content (AvgIpc) is 3.37. The maximum atomic E-state index is 2.53. The fourth-order valence-electron chi connectivity index (χ4n) is 7.53. The molecule has 2 aliphatic heterocycles. The summed E-state index contributed by atoms with van der Waals surface area (Å²) >= 11 is 0. The van der Waals surface area contributed by atoms with Crippen LogP contribution >= 0.6 is 0 Å². The molecule has 0 saturated heterocycles. The molecule has 2 heterocycles. The molecule has 0 aliphatic carbocycles. The van der Waals surface area contributed by atoms with E-state index in [9.17, 15) is 0 Å². The predicted molar refractivity (Wildman–Crippen MR) is 179 cm³/mol. The van der Waals surface area contributed by atoms with Crippen LogP contribution in [0.2, 0.25) is 26.2 Å². The van der Waals surface area contributed by atoms with Crippen LogP contribution in [0.5, 0.6) is 0 Å². The summed E-state index contributed by atoms with van der Waals surface area (Å²) in [6.07, 6.45) is 0. The molecule has 40 heavy (non-hydrogen) atoms. The molecular weight excluding hydrogens is 513 g/mol. The highest BCUT2D eigenvalue weighted by molar-refractivity contribution is 7.05. The van der Waals surface area contributed by atoms with Gasteiger partial charge in [0.05, 0.1) is 0 Å². The van der Waals surface area contributed by atoms with Crippen molar-refractivity contribution >= 4 is 47.7 Å². The minimum absolute atomic E-state index is 1.26. The van der Waals surface area contributed by atoms with Crippen LogP contribution in [-0.2, 0) is 0 Å². The van der Waals surface area contributed by atoms with Crippen LogP contribution in [0.3, 0.4) is 0 Å². The van der Waals surface area contributed by atoms with Crippen LogP contribution in [0.4, 0.5) is 0 Å². The third-order valence-corrected chi connectivity index (χ3v) is 16.8. The van der Waals surface area contributed by atoms with Gasteiger partial charge in [-0.25, -0.2) is 0 Å². The zero-order chi connectivity index (χ0) is 27.2. The Morgan fingerprint density at radius 3 is 1.57 bits per heavy atom. The second kappa shape index (κ2) is 8.26. The third kappa shape index (κ3) is 3.18. The first-order valence-electron chi connectivity index (χ1n) is 14.4. The molecule has 0 amide bonds. The van der Waals surface area contributed by atoms with E-state index in [2.05, 4.69) is 148 Å². The molecule has 6 aromatic carbocycles. The Morgan fingerprint density at radius 2 is 0.875 bits per heavy atom. The first-order valence-corrected chi connectivity index (χ1v) is 20.4. The number of rotatable bonds is 2. The van der Waals surface area contributed by atoms with Crippen molar-refractivity contribution in [3.8, 4) is 44.5 Å². The standard InChI is InChI=1S/C38H32Si2/c1-39(2)33-16-9-8-15-31(33)37-29-20-22-35-38(30(29)19-21-34(37)39)32-18-17-28(24-36(32)40(35,3)4)27-14-10-13-26(23-27)25-11-6-5-7-12-25/h5-24H,1-4H3. The second-order valence-electron chi connectivity index (χ2n) is 12.6. The molecule has 0 bridgehead atoms. The van der Waals surface area contributed by atoms with Gasteiger partial charge < -0.3 is 0 Å². The molecule has 0 unspecified atom stereocenters. The van der Waals surface area contributed by atoms with Crippen molar-refractivity contribution < 1.29 is 0 Å². The molecule has 0 N–H and O–H groups in total. The fraction of sp³-hybridized carbons (Fsp3) is 0.105. The first kappa shape index (κ1) is 23.9. The Labute approximate surface area is 239 Å². The first-order chi connectivity index (χ1) is 19.4. The lowest BCUT2D eigenvalue weighted by Gasteiger charge is -2.21. The van der Waals surface area contributed by atoms with E-state index in [1.807, 2.05) is 0 Å². The van der Waals surface area contributed by atoms with Crippen LogP contribution in [0, 0.1) is 0 Å². The second-order valence-corrected chi connectivity index (χ2v) is 21.2. The minimum atomic E-state index is -1.86. The lowest BCUT2D eigenvalue weighted by atomic mass is 9.92. The van der Waals surface area contributed by atoms with Crippen molar-refractivity contribution in [1.82, 2.24) is 0 Å². The highest BCUT2D eigenvalue weighted by Gasteiger charge is 2.41. The van der Waals surface area contributed by atoms with Crippen molar-refractivity contribution in [3.05, 3.63) is 121 Å². The van der Waals surface area contributed by atoms with Crippen LogP contribution in [0.15, 0.2) is 121 Å². The largest absolute Gasteiger partial charge is 0.113 e. The minimum Gasteiger partial charge on any atom is -0.0623 e. The van der Waals surface area contributed by atoms with Gasteiger partial charge in [0.1, 0.15) is 16.1 Å². The molecular formula is C38H32Si2. The molecule has 0 spiro atoms. The Balaban J connectivity index is 1.32. The molecule has 192 valence electrons. The van der Waals surface area contributed by atoms with Crippen LogP contribution in [0.1, 0.15) is 0 Å². The number of hydrogen-bond donors (Lipinski definition) is 0. The molecule has 0 radical (unpaired) electrons. The SMILES string of the molecule is C[Si]1(C)c2ccccc2-c2c1ccc1c3c(ccc21)[Si](C)(C)c1cc(-c2cccc(-c4ccccc4)c2)ccc1-3. The summed E-state index contributed by atoms with van der Waals surface area (Å²) in [4.78, 5) is 0. The van der Waals surface area contributed by atoms with E-state index in [1.165, 1.54) is 55.3 Å². The smallest absolute Gasteiger partial charge is 0.0623 e. The van der Waals surface area contributed by atoms with Crippen LogP contribution in [0.25, 0.3) is 55.3 Å². The number of benzene rings is 6. The lowest BCUT2D eigenvalue weighted by Crippen LogP contribution is -2.49. The topological polar surface area (TPSA) is 0 Å². The van der Waals surface area contributed by atoms with Crippen molar-refractivity contribution in [2.24, 2.45) is 0 Å². The molecule has 0 saturated carbocycles. The molecule has 8 rings (SSSR count). The average molecular weight is 545 g/mol. The zero-order valence-electron chi connectivity index (χ0n) is 23.5. The molecule has 0 aromatic heterocycles. The normalized spacial score (nSPS) is 15.4. The predicted octanol–water partition coefficient (Wildman–Crippen LogP) is 7.78. The van der Waals surface area contributed by atoms with E-state index in [0.29, 0.717) is 0 Å². The Kier molecular flexibility index (Phi) is 4.93. The summed E-state index contributed by atoms with van der Waals surface area (Å²) in [5.41, 5.74) is 11.0. The maximum Gasteiger partial charge on any atom is 0.113 e. The van der Waals surface area contributed by atoms with Crippen molar-refractivity contribution in [2.75, 3.05) is 0 Å². The lowest BCUT2D eigenvalue weighted by molar-refractivity contribution is 1.59. The van der Waals surface area contributed by atoms with Crippen molar-refractivity contribution in [1.29, 1.82) is 0 Å².